The number of esters is 1. The minimum absolute atomic E-state index is 0.00884. The average Bonchev–Trinajstić information content (AvgIpc) is 2.98. The molecular weight excluding hydrogens is 246 g/mol. The third-order valence-electron chi connectivity index (χ3n) is 3.10. The summed E-state index contributed by atoms with van der Waals surface area (Å²) >= 11 is 0. The maximum atomic E-state index is 11.8. The first kappa shape index (κ1) is 13.4. The highest BCUT2D eigenvalue weighted by Gasteiger charge is 2.18. The fraction of sp³-hybridized carbons (Fsp3) is 0.429. The van der Waals surface area contributed by atoms with Gasteiger partial charge in [-0.15, -0.1) is 0 Å². The summed E-state index contributed by atoms with van der Waals surface area (Å²) in [6.45, 7) is 1.69. The molecule has 1 amide bonds. The van der Waals surface area contributed by atoms with Gasteiger partial charge in [0, 0.05) is 13.1 Å². The van der Waals surface area contributed by atoms with Gasteiger partial charge in [-0.25, -0.2) is 4.79 Å². The van der Waals surface area contributed by atoms with E-state index >= 15 is 0 Å². The van der Waals surface area contributed by atoms with E-state index in [1.54, 1.807) is 24.3 Å². The minimum Gasteiger partial charge on any atom is -0.484 e. The number of hydrogen-bond donors (Lipinski definition) is 0. The number of ether oxygens (including phenoxy) is 2. The van der Waals surface area contributed by atoms with E-state index in [1.165, 1.54) is 7.11 Å². The van der Waals surface area contributed by atoms with Crippen LogP contribution < -0.4 is 4.74 Å². The molecule has 0 radical (unpaired) electrons. The number of hydrogen-bond acceptors (Lipinski definition) is 4. The van der Waals surface area contributed by atoms with Crippen LogP contribution in [0.25, 0.3) is 0 Å². The van der Waals surface area contributed by atoms with Crippen LogP contribution in [0.2, 0.25) is 0 Å². The molecule has 1 saturated heterocycles. The van der Waals surface area contributed by atoms with Crippen molar-refractivity contribution in [3.8, 4) is 5.75 Å². The average molecular weight is 263 g/mol. The Kier molecular flexibility index (Phi) is 4.39. The van der Waals surface area contributed by atoms with Crippen LogP contribution in [0.3, 0.4) is 0 Å². The third kappa shape index (κ3) is 3.47. The molecule has 0 saturated carbocycles. The first-order chi connectivity index (χ1) is 9.20. The smallest absolute Gasteiger partial charge is 0.337 e. The number of methoxy groups -OCH3 is 1. The summed E-state index contributed by atoms with van der Waals surface area (Å²) in [4.78, 5) is 24.8. The topological polar surface area (TPSA) is 55.8 Å². The summed E-state index contributed by atoms with van der Waals surface area (Å²) in [5, 5.41) is 0. The van der Waals surface area contributed by atoms with Crippen molar-refractivity contribution in [2.24, 2.45) is 0 Å². The third-order valence-corrected chi connectivity index (χ3v) is 3.10. The molecule has 5 nitrogen and oxygen atoms in total. The quantitative estimate of drug-likeness (QED) is 0.772. The number of rotatable bonds is 4. The Hall–Kier alpha value is -2.04. The van der Waals surface area contributed by atoms with E-state index in [0.29, 0.717) is 11.3 Å². The molecule has 19 heavy (non-hydrogen) atoms. The minimum atomic E-state index is -0.389. The molecule has 1 aliphatic heterocycles. The summed E-state index contributed by atoms with van der Waals surface area (Å²) in [5.41, 5.74) is 0.459. The largest absolute Gasteiger partial charge is 0.484 e. The summed E-state index contributed by atoms with van der Waals surface area (Å²) < 4.78 is 10.0. The molecule has 1 aromatic carbocycles. The summed E-state index contributed by atoms with van der Waals surface area (Å²) in [6.07, 6.45) is 2.14. The Bertz CT molecular complexity index is 449. The molecule has 0 unspecified atom stereocenters. The van der Waals surface area contributed by atoms with Crippen LogP contribution in [0.5, 0.6) is 5.75 Å². The second-order valence-corrected chi connectivity index (χ2v) is 4.39. The van der Waals surface area contributed by atoms with Crippen molar-refractivity contribution in [2.45, 2.75) is 12.8 Å². The second-order valence-electron chi connectivity index (χ2n) is 4.39. The molecule has 0 atom stereocenters. The van der Waals surface area contributed by atoms with Crippen molar-refractivity contribution in [3.05, 3.63) is 29.8 Å². The highest BCUT2D eigenvalue weighted by atomic mass is 16.5. The molecule has 0 N–H and O–H groups in total. The predicted octanol–water partition coefficient (Wildman–Crippen LogP) is 1.47. The van der Waals surface area contributed by atoms with Gasteiger partial charge in [-0.3, -0.25) is 4.79 Å². The lowest BCUT2D eigenvalue weighted by Gasteiger charge is -2.15. The summed E-state index contributed by atoms with van der Waals surface area (Å²) in [7, 11) is 1.33. The van der Waals surface area contributed by atoms with Crippen LogP contribution in [0, 0.1) is 0 Å². The Labute approximate surface area is 112 Å². The molecule has 5 heteroatoms. The summed E-state index contributed by atoms with van der Waals surface area (Å²) in [5.74, 6) is 0.189. The zero-order valence-corrected chi connectivity index (χ0v) is 10.9. The van der Waals surface area contributed by atoms with Crippen molar-refractivity contribution in [1.29, 1.82) is 0 Å². The van der Waals surface area contributed by atoms with Gasteiger partial charge < -0.3 is 14.4 Å². The number of carbonyl (C=O) groups is 2. The lowest BCUT2D eigenvalue weighted by molar-refractivity contribution is -0.132. The molecule has 1 heterocycles. The fourth-order valence-corrected chi connectivity index (χ4v) is 2.01. The Morgan fingerprint density at radius 3 is 2.37 bits per heavy atom. The van der Waals surface area contributed by atoms with Crippen LogP contribution in [0.15, 0.2) is 24.3 Å². The van der Waals surface area contributed by atoms with E-state index in [-0.39, 0.29) is 18.5 Å². The van der Waals surface area contributed by atoms with Gasteiger partial charge in [0.1, 0.15) is 5.75 Å². The van der Waals surface area contributed by atoms with E-state index in [9.17, 15) is 9.59 Å². The van der Waals surface area contributed by atoms with Gasteiger partial charge in [-0.2, -0.15) is 0 Å². The molecule has 0 bridgehead atoms. The normalized spacial score (nSPS) is 14.3. The van der Waals surface area contributed by atoms with Gasteiger partial charge in [0.2, 0.25) is 0 Å². The highest BCUT2D eigenvalue weighted by molar-refractivity contribution is 5.89. The molecule has 0 aromatic heterocycles. The lowest BCUT2D eigenvalue weighted by Crippen LogP contribution is -2.32. The maximum Gasteiger partial charge on any atom is 0.337 e. The highest BCUT2D eigenvalue weighted by Crippen LogP contribution is 2.14. The predicted molar refractivity (Wildman–Crippen MR) is 69.1 cm³/mol. The van der Waals surface area contributed by atoms with E-state index in [4.69, 9.17) is 4.74 Å². The van der Waals surface area contributed by atoms with Gasteiger partial charge in [0.15, 0.2) is 6.61 Å². The van der Waals surface area contributed by atoms with Gasteiger partial charge in [-0.1, -0.05) is 0 Å². The number of benzene rings is 1. The van der Waals surface area contributed by atoms with Crippen molar-refractivity contribution in [3.63, 3.8) is 0 Å². The van der Waals surface area contributed by atoms with Crippen LogP contribution in [0.1, 0.15) is 23.2 Å². The van der Waals surface area contributed by atoms with Crippen LogP contribution in [-0.2, 0) is 9.53 Å². The molecule has 1 fully saturated rings. The zero-order valence-electron chi connectivity index (χ0n) is 10.9. The molecule has 102 valence electrons. The first-order valence-electron chi connectivity index (χ1n) is 6.29. The van der Waals surface area contributed by atoms with Crippen LogP contribution in [0.4, 0.5) is 0 Å². The number of nitrogens with zero attached hydrogens (tertiary/aromatic N) is 1. The molecule has 1 aliphatic rings. The molecule has 0 aliphatic carbocycles. The van der Waals surface area contributed by atoms with Gasteiger partial charge >= 0.3 is 5.97 Å². The molecular formula is C14H17NO4. The Morgan fingerprint density at radius 2 is 1.79 bits per heavy atom. The van der Waals surface area contributed by atoms with Crippen LogP contribution >= 0.6 is 0 Å². The molecule has 2 rings (SSSR count). The van der Waals surface area contributed by atoms with Gasteiger partial charge in [-0.05, 0) is 37.1 Å². The number of likely N-dealkylation sites (tertiary alicyclic amines) is 1. The van der Waals surface area contributed by atoms with E-state index in [1.807, 2.05) is 4.90 Å². The maximum absolute atomic E-state index is 11.8. The number of carbonyl (C=O) groups excluding carboxylic acids is 2. The Balaban J connectivity index is 1.85. The van der Waals surface area contributed by atoms with Crippen molar-refractivity contribution in [1.82, 2.24) is 4.90 Å². The standard InChI is InChI=1S/C14H17NO4/c1-18-14(17)11-4-6-12(7-5-11)19-10-13(16)15-8-2-3-9-15/h4-7H,2-3,8-10H2,1H3. The number of amides is 1. The second kappa shape index (κ2) is 6.22. The van der Waals surface area contributed by atoms with Crippen molar-refractivity contribution >= 4 is 11.9 Å². The lowest BCUT2D eigenvalue weighted by atomic mass is 10.2. The van der Waals surface area contributed by atoms with E-state index < -0.39 is 0 Å². The van der Waals surface area contributed by atoms with E-state index in [2.05, 4.69) is 4.74 Å². The monoisotopic (exact) mass is 263 g/mol. The van der Waals surface area contributed by atoms with E-state index in [0.717, 1.165) is 25.9 Å². The van der Waals surface area contributed by atoms with Crippen LogP contribution in [-0.4, -0.2) is 43.6 Å². The first-order valence-corrected chi connectivity index (χ1v) is 6.29. The Morgan fingerprint density at radius 1 is 1.16 bits per heavy atom. The van der Waals surface area contributed by atoms with Crippen molar-refractivity contribution < 1.29 is 19.1 Å². The van der Waals surface area contributed by atoms with Gasteiger partial charge in [0.05, 0.1) is 12.7 Å². The van der Waals surface area contributed by atoms with Gasteiger partial charge in [0.25, 0.3) is 5.91 Å². The SMILES string of the molecule is COC(=O)c1ccc(OCC(=O)N2CCCC2)cc1. The molecule has 0 spiro atoms. The fourth-order valence-electron chi connectivity index (χ4n) is 2.01. The summed E-state index contributed by atoms with van der Waals surface area (Å²) in [6, 6.07) is 6.54. The zero-order chi connectivity index (χ0) is 13.7. The molecule has 1 aromatic rings. The van der Waals surface area contributed by atoms with Crippen molar-refractivity contribution in [2.75, 3.05) is 26.8 Å².